The third kappa shape index (κ3) is 4.31. The number of pyridine rings is 1. The molecule has 0 aliphatic carbocycles. The summed E-state index contributed by atoms with van der Waals surface area (Å²) in [6, 6.07) is 11.2. The average Bonchev–Trinajstić information content (AvgIpc) is 2.76. The van der Waals surface area contributed by atoms with E-state index in [0.29, 0.717) is 5.56 Å². The molecule has 0 saturated heterocycles. The van der Waals surface area contributed by atoms with Crippen LogP contribution in [0.3, 0.4) is 0 Å². The van der Waals surface area contributed by atoms with Crippen molar-refractivity contribution in [1.29, 1.82) is 5.41 Å². The first kappa shape index (κ1) is 21.8. The molecule has 0 radical (unpaired) electrons. The molecule has 0 aliphatic heterocycles. The second-order valence-corrected chi connectivity index (χ2v) is 7.67. The van der Waals surface area contributed by atoms with Gasteiger partial charge in [0.2, 0.25) is 5.78 Å². The van der Waals surface area contributed by atoms with Gasteiger partial charge in [-0.25, -0.2) is 13.8 Å². The first-order chi connectivity index (χ1) is 14.4. The topological polar surface area (TPSA) is 91.9 Å². The van der Waals surface area contributed by atoms with Gasteiger partial charge in [0.05, 0.1) is 5.56 Å². The molecule has 154 valence electrons. The van der Waals surface area contributed by atoms with Crippen LogP contribution >= 0.6 is 23.7 Å². The number of hydrogen-bond acceptors (Lipinski definition) is 7. The molecule has 1 heterocycles. The first-order valence-electron chi connectivity index (χ1n) is 8.68. The minimum absolute atomic E-state index is 0.0252. The number of aromatic nitrogens is 1. The molecule has 30 heavy (non-hydrogen) atoms. The van der Waals surface area contributed by atoms with E-state index in [9.17, 15) is 13.6 Å². The Morgan fingerprint density at radius 2 is 1.77 bits per heavy atom. The van der Waals surface area contributed by atoms with E-state index in [1.165, 1.54) is 0 Å². The van der Waals surface area contributed by atoms with Gasteiger partial charge in [0.15, 0.2) is 5.82 Å². The summed E-state index contributed by atoms with van der Waals surface area (Å²) in [5.74, 6) is -2.83. The minimum Gasteiger partial charge on any atom is -0.383 e. The van der Waals surface area contributed by atoms with E-state index < -0.39 is 34.4 Å². The monoisotopic (exact) mass is 444 g/mol. The molecule has 0 fully saturated rings. The molecule has 5 nitrogen and oxygen atoms in total. The van der Waals surface area contributed by atoms with Gasteiger partial charge < -0.3 is 10.5 Å². The normalized spacial score (nSPS) is 10.7. The molecular weight excluding hydrogens is 426 g/mol. The summed E-state index contributed by atoms with van der Waals surface area (Å²) in [6.45, 7) is 0. The summed E-state index contributed by atoms with van der Waals surface area (Å²) >= 11 is 2.59. The SMILES string of the molecule is CSNc1c(F)ccc(C(=O)C(=N)c2cc(-c3ccc(SC)cc3)cnc2N)c1F. The molecule has 0 saturated carbocycles. The molecule has 9 heteroatoms. The van der Waals surface area contributed by atoms with Crippen molar-refractivity contribution in [2.75, 3.05) is 23.0 Å². The van der Waals surface area contributed by atoms with Crippen LogP contribution in [0, 0.1) is 17.0 Å². The number of Topliss-reactive ketones (excluding diaryl/α,β-unsaturated/α-hetero) is 1. The Morgan fingerprint density at radius 3 is 2.40 bits per heavy atom. The maximum Gasteiger partial charge on any atom is 0.214 e. The van der Waals surface area contributed by atoms with E-state index in [2.05, 4.69) is 9.71 Å². The van der Waals surface area contributed by atoms with Crippen LogP contribution in [0.2, 0.25) is 0 Å². The smallest absolute Gasteiger partial charge is 0.214 e. The lowest BCUT2D eigenvalue weighted by Crippen LogP contribution is -2.19. The van der Waals surface area contributed by atoms with Gasteiger partial charge in [-0.05, 0) is 42.2 Å². The van der Waals surface area contributed by atoms with Crippen LogP contribution in [0.15, 0.2) is 53.6 Å². The largest absolute Gasteiger partial charge is 0.383 e. The van der Waals surface area contributed by atoms with E-state index in [1.54, 1.807) is 30.3 Å². The predicted octanol–water partition coefficient (Wildman–Crippen LogP) is 5.27. The fraction of sp³-hybridized carbons (Fsp3) is 0.0952. The molecule has 0 amide bonds. The number of ketones is 1. The Bertz CT molecular complexity index is 1120. The molecule has 3 aromatic rings. The van der Waals surface area contributed by atoms with Crippen LogP contribution in [0.5, 0.6) is 0 Å². The van der Waals surface area contributed by atoms with E-state index >= 15 is 0 Å². The second kappa shape index (κ2) is 9.27. The van der Waals surface area contributed by atoms with Gasteiger partial charge in [-0.3, -0.25) is 10.2 Å². The highest BCUT2D eigenvalue weighted by Gasteiger charge is 2.24. The number of hydrogen-bond donors (Lipinski definition) is 3. The van der Waals surface area contributed by atoms with Crippen LogP contribution in [0.25, 0.3) is 11.1 Å². The standard InChI is InChI=1S/C21H18F2N4OS2/c1-29-13-5-3-11(4-6-13)12-9-15(21(25)26-10-12)18(24)20(28)14-7-8-16(22)19(17(14)23)27-30-2/h3-10,24,27H,1-2H3,(H2,25,26). The molecular formula is C21H18F2N4OS2. The van der Waals surface area contributed by atoms with Crippen LogP contribution in [-0.2, 0) is 0 Å². The van der Waals surface area contributed by atoms with E-state index in [-0.39, 0.29) is 11.4 Å². The summed E-state index contributed by atoms with van der Waals surface area (Å²) in [7, 11) is 0. The highest BCUT2D eigenvalue weighted by molar-refractivity contribution is 7.99. The predicted molar refractivity (Wildman–Crippen MR) is 121 cm³/mol. The van der Waals surface area contributed by atoms with Gasteiger partial charge in [-0.2, -0.15) is 0 Å². The quantitative estimate of drug-likeness (QED) is 0.199. The van der Waals surface area contributed by atoms with Crippen molar-refractivity contribution >= 4 is 46.7 Å². The van der Waals surface area contributed by atoms with Gasteiger partial charge in [0.1, 0.15) is 23.0 Å². The number of nitrogen functional groups attached to an aromatic ring is 1. The van der Waals surface area contributed by atoms with E-state index in [0.717, 1.165) is 34.5 Å². The molecule has 1 aromatic heterocycles. The number of carbonyl (C=O) groups is 1. The zero-order chi connectivity index (χ0) is 21.8. The fourth-order valence-corrected chi connectivity index (χ4v) is 3.60. The number of nitrogens with one attached hydrogen (secondary N) is 2. The summed E-state index contributed by atoms with van der Waals surface area (Å²) in [5, 5.41) is 8.30. The summed E-state index contributed by atoms with van der Waals surface area (Å²) < 4.78 is 31.0. The van der Waals surface area contributed by atoms with Crippen molar-refractivity contribution < 1.29 is 13.6 Å². The van der Waals surface area contributed by atoms with Gasteiger partial charge >= 0.3 is 0 Å². The van der Waals surface area contributed by atoms with Crippen molar-refractivity contribution in [3.63, 3.8) is 0 Å². The summed E-state index contributed by atoms with van der Waals surface area (Å²) in [5.41, 5.74) is 6.08. The van der Waals surface area contributed by atoms with Crippen LogP contribution in [-0.4, -0.2) is 29.0 Å². The highest BCUT2D eigenvalue weighted by Crippen LogP contribution is 2.28. The lowest BCUT2D eigenvalue weighted by atomic mass is 9.97. The number of thioether (sulfide) groups is 1. The lowest BCUT2D eigenvalue weighted by Gasteiger charge is -2.12. The molecule has 4 N–H and O–H groups in total. The van der Waals surface area contributed by atoms with Gasteiger partial charge in [0, 0.05) is 28.5 Å². The number of carbonyl (C=O) groups excluding carboxylic acids is 1. The van der Waals surface area contributed by atoms with Crippen LogP contribution in [0.1, 0.15) is 15.9 Å². The minimum atomic E-state index is -1.06. The van der Waals surface area contributed by atoms with E-state index in [4.69, 9.17) is 11.1 Å². The number of nitrogens with zero attached hydrogens (tertiary/aromatic N) is 1. The van der Waals surface area contributed by atoms with Crippen molar-refractivity contribution in [1.82, 2.24) is 4.98 Å². The number of anilines is 2. The molecule has 0 atom stereocenters. The molecule has 0 unspecified atom stereocenters. The Morgan fingerprint density at radius 1 is 1.07 bits per heavy atom. The number of benzene rings is 2. The van der Waals surface area contributed by atoms with Crippen molar-refractivity contribution in [3.05, 3.63) is 71.4 Å². The number of nitrogens with two attached hydrogens (primary N) is 1. The Labute approximate surface area is 181 Å². The first-order valence-corrected chi connectivity index (χ1v) is 11.1. The third-order valence-electron chi connectivity index (χ3n) is 4.38. The highest BCUT2D eigenvalue weighted by atomic mass is 32.2. The molecule has 2 aromatic carbocycles. The van der Waals surface area contributed by atoms with Crippen molar-refractivity contribution in [2.24, 2.45) is 0 Å². The lowest BCUT2D eigenvalue weighted by molar-refractivity contribution is 0.106. The summed E-state index contributed by atoms with van der Waals surface area (Å²) in [4.78, 5) is 18.0. The van der Waals surface area contributed by atoms with Gasteiger partial charge in [-0.1, -0.05) is 24.1 Å². The zero-order valence-corrected chi connectivity index (χ0v) is 17.8. The Kier molecular flexibility index (Phi) is 6.73. The average molecular weight is 445 g/mol. The van der Waals surface area contributed by atoms with Crippen molar-refractivity contribution in [3.8, 4) is 11.1 Å². The maximum atomic E-state index is 14.7. The van der Waals surface area contributed by atoms with Crippen LogP contribution in [0.4, 0.5) is 20.3 Å². The third-order valence-corrected chi connectivity index (χ3v) is 5.53. The number of halogens is 2. The van der Waals surface area contributed by atoms with Gasteiger partial charge in [0.25, 0.3) is 0 Å². The van der Waals surface area contributed by atoms with Crippen LogP contribution < -0.4 is 10.5 Å². The fourth-order valence-electron chi connectivity index (χ4n) is 2.80. The number of rotatable bonds is 7. The summed E-state index contributed by atoms with van der Waals surface area (Å²) in [6.07, 6.45) is 5.11. The Balaban J connectivity index is 1.98. The molecule has 0 bridgehead atoms. The maximum absolute atomic E-state index is 14.7. The van der Waals surface area contributed by atoms with Gasteiger partial charge in [-0.15, -0.1) is 11.8 Å². The second-order valence-electron chi connectivity index (χ2n) is 6.18. The zero-order valence-electron chi connectivity index (χ0n) is 16.1. The van der Waals surface area contributed by atoms with Crippen molar-refractivity contribution in [2.45, 2.75) is 4.90 Å². The van der Waals surface area contributed by atoms with E-state index in [1.807, 2.05) is 30.5 Å². The Hall–Kier alpha value is -2.91. The molecule has 0 aliphatic rings. The molecule has 0 spiro atoms. The molecule has 3 rings (SSSR count).